The molecule has 0 spiro atoms. The lowest BCUT2D eigenvalue weighted by molar-refractivity contribution is 0.517. The molecule has 0 aromatic heterocycles. The van der Waals surface area contributed by atoms with E-state index in [-0.39, 0.29) is 13.3 Å². The molecule has 0 amide bonds. The first kappa shape index (κ1) is 20.0. The van der Waals surface area contributed by atoms with Crippen molar-refractivity contribution in [3.05, 3.63) is 22.3 Å². The molecule has 0 N–H and O–H groups in total. The predicted octanol–water partition coefficient (Wildman–Crippen LogP) is 7.54. The minimum Gasteiger partial charge on any atom is -0.0882 e. The van der Waals surface area contributed by atoms with Gasteiger partial charge in [0.15, 0.2) is 0 Å². The Balaban J connectivity index is 3.51. The van der Waals surface area contributed by atoms with Crippen LogP contribution in [-0.2, 0) is 0 Å². The Bertz CT molecular complexity index is 475. The molecule has 1 unspecified atom stereocenters. The summed E-state index contributed by atoms with van der Waals surface area (Å²) in [7, 11) is -0.125. The van der Waals surface area contributed by atoms with E-state index < -0.39 is 0 Å². The van der Waals surface area contributed by atoms with Crippen LogP contribution in [0, 0.1) is 5.41 Å². The molecule has 1 aliphatic carbocycles. The average molecular weight is 323 g/mol. The molecule has 0 saturated heterocycles. The van der Waals surface area contributed by atoms with Crippen molar-refractivity contribution in [1.82, 2.24) is 0 Å². The zero-order valence-electron chi connectivity index (χ0n) is 17.2. The van der Waals surface area contributed by atoms with Gasteiger partial charge in [0.05, 0.1) is 0 Å². The maximum atomic E-state index is 2.46. The van der Waals surface area contributed by atoms with Crippen LogP contribution in [0.3, 0.4) is 0 Å². The molecule has 0 aromatic rings. The van der Waals surface area contributed by atoms with Gasteiger partial charge in [-0.2, -0.15) is 0 Å². The smallest absolute Gasteiger partial charge is 0.00792 e. The van der Waals surface area contributed by atoms with Gasteiger partial charge in [-0.3, -0.25) is 0 Å². The summed E-state index contributed by atoms with van der Waals surface area (Å²) in [6.07, 6.45) is 1.26. The Morgan fingerprint density at radius 3 is 1.50 bits per heavy atom. The van der Waals surface area contributed by atoms with Crippen LogP contribution in [0.1, 0.15) is 89.5 Å². The topological polar surface area (TPSA) is 0 Å². The molecule has 1 heteroatoms. The molecule has 1 atom stereocenters. The van der Waals surface area contributed by atoms with Crippen LogP contribution in [0.4, 0.5) is 0 Å². The summed E-state index contributed by atoms with van der Waals surface area (Å²) < 4.78 is 0. The standard InChI is InChI=1S/C21H39P/c1-13-17(22(19(5,6)7)20(8,9)10)18-15(3)14(2)16(4)21(18,11)12/h17H,13H2,1-12H3. The first-order valence-electron chi connectivity index (χ1n) is 8.86. The maximum absolute atomic E-state index is 2.46. The van der Waals surface area contributed by atoms with Crippen molar-refractivity contribution < 1.29 is 0 Å². The van der Waals surface area contributed by atoms with Crippen molar-refractivity contribution >= 4 is 7.92 Å². The summed E-state index contributed by atoms with van der Waals surface area (Å²) in [5.41, 5.74) is 7.38. The van der Waals surface area contributed by atoms with Gasteiger partial charge in [-0.05, 0) is 54.2 Å². The molecule has 0 aromatic carbocycles. The lowest BCUT2D eigenvalue weighted by Gasteiger charge is -2.49. The van der Waals surface area contributed by atoms with Crippen LogP contribution >= 0.6 is 7.92 Å². The van der Waals surface area contributed by atoms with Gasteiger partial charge in [-0.1, -0.05) is 75.8 Å². The predicted molar refractivity (Wildman–Crippen MR) is 105 cm³/mol. The molecule has 0 radical (unpaired) electrons. The van der Waals surface area contributed by atoms with Gasteiger partial charge in [-0.15, -0.1) is 0 Å². The third kappa shape index (κ3) is 3.38. The third-order valence-corrected chi connectivity index (χ3v) is 9.75. The fourth-order valence-corrected chi connectivity index (χ4v) is 9.77. The second kappa shape index (κ2) is 6.08. The molecule has 0 saturated carbocycles. The van der Waals surface area contributed by atoms with E-state index in [0.29, 0.717) is 10.3 Å². The van der Waals surface area contributed by atoms with E-state index in [4.69, 9.17) is 0 Å². The molecule has 128 valence electrons. The van der Waals surface area contributed by atoms with Crippen LogP contribution in [0.2, 0.25) is 0 Å². The molecule has 1 aliphatic rings. The summed E-state index contributed by atoms with van der Waals surface area (Å²) in [5.74, 6) is 0. The van der Waals surface area contributed by atoms with Gasteiger partial charge < -0.3 is 0 Å². The second-order valence-corrected chi connectivity index (χ2v) is 13.6. The van der Waals surface area contributed by atoms with Crippen molar-refractivity contribution in [3.8, 4) is 0 Å². The summed E-state index contributed by atoms with van der Waals surface area (Å²) in [4.78, 5) is 0. The normalized spacial score (nSPS) is 21.1. The Morgan fingerprint density at radius 2 is 1.27 bits per heavy atom. The highest BCUT2D eigenvalue weighted by atomic mass is 31.1. The lowest BCUT2D eigenvalue weighted by atomic mass is 9.79. The Labute approximate surface area is 141 Å². The van der Waals surface area contributed by atoms with Crippen LogP contribution in [0.25, 0.3) is 0 Å². The first-order chi connectivity index (χ1) is 9.67. The van der Waals surface area contributed by atoms with E-state index in [1.807, 2.05) is 0 Å². The Hall–Kier alpha value is -0.0900. The minimum absolute atomic E-state index is 0.125. The zero-order chi connectivity index (χ0) is 17.7. The number of rotatable bonds is 3. The van der Waals surface area contributed by atoms with E-state index in [9.17, 15) is 0 Å². The van der Waals surface area contributed by atoms with Gasteiger partial charge in [0.2, 0.25) is 0 Å². The molecule has 0 bridgehead atoms. The van der Waals surface area contributed by atoms with E-state index in [1.165, 1.54) is 12.0 Å². The highest BCUT2D eigenvalue weighted by molar-refractivity contribution is 7.61. The zero-order valence-corrected chi connectivity index (χ0v) is 18.1. The quantitative estimate of drug-likeness (QED) is 0.471. The van der Waals surface area contributed by atoms with Crippen LogP contribution in [0.15, 0.2) is 22.3 Å². The molecule has 0 nitrogen and oxygen atoms in total. The summed E-state index contributed by atoms with van der Waals surface area (Å²) in [5, 5.41) is 0.754. The van der Waals surface area contributed by atoms with E-state index >= 15 is 0 Å². The molecular formula is C21H39P. The Kier molecular flexibility index (Phi) is 5.52. The van der Waals surface area contributed by atoms with Crippen LogP contribution in [0.5, 0.6) is 0 Å². The monoisotopic (exact) mass is 322 g/mol. The third-order valence-electron chi connectivity index (χ3n) is 5.62. The van der Waals surface area contributed by atoms with Crippen molar-refractivity contribution in [1.29, 1.82) is 0 Å². The highest BCUT2D eigenvalue weighted by Gasteiger charge is 2.46. The van der Waals surface area contributed by atoms with E-state index in [1.54, 1.807) is 16.7 Å². The lowest BCUT2D eigenvalue weighted by Crippen LogP contribution is -2.35. The van der Waals surface area contributed by atoms with Crippen molar-refractivity contribution in [2.45, 2.75) is 105 Å². The number of hydrogen-bond donors (Lipinski definition) is 0. The van der Waals surface area contributed by atoms with Gasteiger partial charge in [-0.25, -0.2) is 0 Å². The molecular weight excluding hydrogens is 283 g/mol. The SMILES string of the molecule is CCC(C1=C(C)C(C)=C(C)C1(C)C)P(C(C)(C)C)C(C)(C)C. The van der Waals surface area contributed by atoms with E-state index in [2.05, 4.69) is 83.1 Å². The summed E-state index contributed by atoms with van der Waals surface area (Å²) >= 11 is 0. The second-order valence-electron chi connectivity index (χ2n) is 9.55. The van der Waals surface area contributed by atoms with Crippen LogP contribution < -0.4 is 0 Å². The highest BCUT2D eigenvalue weighted by Crippen LogP contribution is 2.68. The number of hydrogen-bond acceptors (Lipinski definition) is 0. The molecule has 22 heavy (non-hydrogen) atoms. The van der Waals surface area contributed by atoms with E-state index in [0.717, 1.165) is 5.66 Å². The van der Waals surface area contributed by atoms with Gasteiger partial charge in [0.1, 0.15) is 0 Å². The van der Waals surface area contributed by atoms with Gasteiger partial charge in [0.25, 0.3) is 0 Å². The Morgan fingerprint density at radius 1 is 0.864 bits per heavy atom. The maximum Gasteiger partial charge on any atom is 0.00792 e. The fourth-order valence-electron chi connectivity index (χ4n) is 4.75. The largest absolute Gasteiger partial charge is 0.0882 e. The summed E-state index contributed by atoms with van der Waals surface area (Å²) in [6, 6.07) is 0. The van der Waals surface area contributed by atoms with Gasteiger partial charge in [0, 0.05) is 11.1 Å². The molecule has 0 heterocycles. The van der Waals surface area contributed by atoms with Crippen molar-refractivity contribution in [2.75, 3.05) is 0 Å². The van der Waals surface area contributed by atoms with Gasteiger partial charge >= 0.3 is 0 Å². The molecule has 0 aliphatic heterocycles. The molecule has 1 rings (SSSR count). The molecule has 0 fully saturated rings. The first-order valence-corrected chi connectivity index (χ1v) is 10.3. The van der Waals surface area contributed by atoms with Crippen molar-refractivity contribution in [2.24, 2.45) is 5.41 Å². The van der Waals surface area contributed by atoms with Crippen LogP contribution in [-0.4, -0.2) is 16.0 Å². The average Bonchev–Trinajstić information content (AvgIpc) is 2.45. The summed E-state index contributed by atoms with van der Waals surface area (Å²) in [6.45, 7) is 29.1. The number of allylic oxidation sites excluding steroid dienone is 4. The minimum atomic E-state index is -0.125. The fraction of sp³-hybridized carbons (Fsp3) is 0.810. The van der Waals surface area contributed by atoms with Crippen molar-refractivity contribution in [3.63, 3.8) is 0 Å².